The van der Waals surface area contributed by atoms with Crippen LogP contribution in [0.4, 0.5) is 0 Å². The smallest absolute Gasteiger partial charge is 0.0249 e. The molecule has 2 nitrogen and oxygen atoms in total. The zero-order valence-corrected chi connectivity index (χ0v) is 12.9. The van der Waals surface area contributed by atoms with Crippen molar-refractivity contribution in [3.05, 3.63) is 0 Å². The summed E-state index contributed by atoms with van der Waals surface area (Å²) in [7, 11) is 0. The van der Waals surface area contributed by atoms with Gasteiger partial charge in [0.05, 0.1) is 0 Å². The highest BCUT2D eigenvalue weighted by molar-refractivity contribution is 4.97. The number of piperidine rings is 1. The summed E-state index contributed by atoms with van der Waals surface area (Å²) >= 11 is 0. The van der Waals surface area contributed by atoms with Crippen molar-refractivity contribution >= 4 is 0 Å². The SMILES string of the molecule is CC(C)C1CCCCC1NC1CCN2CCCCC12. The normalized spacial score (nSPS) is 40.6. The van der Waals surface area contributed by atoms with Crippen LogP contribution in [-0.2, 0) is 0 Å². The van der Waals surface area contributed by atoms with Gasteiger partial charge in [0, 0.05) is 24.7 Å². The molecular weight excluding hydrogens is 232 g/mol. The number of hydrogen-bond donors (Lipinski definition) is 1. The molecule has 1 N–H and O–H groups in total. The molecule has 110 valence electrons. The van der Waals surface area contributed by atoms with Crippen LogP contribution in [0, 0.1) is 11.8 Å². The van der Waals surface area contributed by atoms with Crippen LogP contribution < -0.4 is 5.32 Å². The third-order valence-electron chi connectivity index (χ3n) is 5.96. The van der Waals surface area contributed by atoms with E-state index in [1.165, 1.54) is 64.5 Å². The van der Waals surface area contributed by atoms with Crippen molar-refractivity contribution in [3.63, 3.8) is 0 Å². The van der Waals surface area contributed by atoms with Gasteiger partial charge in [0.2, 0.25) is 0 Å². The van der Waals surface area contributed by atoms with E-state index >= 15 is 0 Å². The van der Waals surface area contributed by atoms with Crippen LogP contribution in [0.5, 0.6) is 0 Å². The van der Waals surface area contributed by atoms with Gasteiger partial charge in [0.25, 0.3) is 0 Å². The Hall–Kier alpha value is -0.0800. The minimum Gasteiger partial charge on any atom is -0.309 e. The first-order valence-electron chi connectivity index (χ1n) is 8.76. The van der Waals surface area contributed by atoms with Crippen LogP contribution in [0.1, 0.15) is 65.2 Å². The Kier molecular flexibility index (Phi) is 4.48. The lowest BCUT2D eigenvalue weighted by Crippen LogP contribution is -2.51. The first-order valence-corrected chi connectivity index (χ1v) is 8.76. The Bertz CT molecular complexity index is 289. The molecule has 2 saturated heterocycles. The van der Waals surface area contributed by atoms with Crippen LogP contribution >= 0.6 is 0 Å². The van der Waals surface area contributed by atoms with E-state index < -0.39 is 0 Å². The first kappa shape index (κ1) is 13.9. The zero-order chi connectivity index (χ0) is 13.2. The molecule has 0 aromatic heterocycles. The fourth-order valence-corrected chi connectivity index (χ4v) is 4.88. The highest BCUT2D eigenvalue weighted by Crippen LogP contribution is 2.33. The van der Waals surface area contributed by atoms with Gasteiger partial charge in [0.1, 0.15) is 0 Å². The standard InChI is InChI=1S/C17H32N2/c1-13(2)14-7-3-4-8-15(14)18-16-10-12-19-11-6-5-9-17(16)19/h13-18H,3-12H2,1-2H3. The molecule has 4 atom stereocenters. The van der Waals surface area contributed by atoms with Crippen LogP contribution in [0.3, 0.4) is 0 Å². The minimum atomic E-state index is 0.796. The first-order chi connectivity index (χ1) is 9.25. The summed E-state index contributed by atoms with van der Waals surface area (Å²) in [5.74, 6) is 1.77. The van der Waals surface area contributed by atoms with Gasteiger partial charge in [-0.25, -0.2) is 0 Å². The summed E-state index contributed by atoms with van der Waals surface area (Å²) < 4.78 is 0. The molecule has 0 amide bonds. The highest BCUT2D eigenvalue weighted by Gasteiger charge is 2.38. The van der Waals surface area contributed by atoms with Crippen molar-refractivity contribution in [2.45, 2.75) is 83.3 Å². The van der Waals surface area contributed by atoms with E-state index in [1.54, 1.807) is 0 Å². The predicted octanol–water partition coefficient (Wildman–Crippen LogP) is 3.42. The molecule has 0 spiro atoms. The largest absolute Gasteiger partial charge is 0.309 e. The van der Waals surface area contributed by atoms with E-state index in [9.17, 15) is 0 Å². The van der Waals surface area contributed by atoms with Crippen molar-refractivity contribution in [2.24, 2.45) is 11.8 Å². The summed E-state index contributed by atoms with van der Waals surface area (Å²) in [5.41, 5.74) is 0. The number of nitrogens with one attached hydrogen (secondary N) is 1. The van der Waals surface area contributed by atoms with E-state index in [2.05, 4.69) is 24.1 Å². The molecule has 1 aliphatic carbocycles. The molecular formula is C17H32N2. The van der Waals surface area contributed by atoms with Crippen molar-refractivity contribution in [2.75, 3.05) is 13.1 Å². The maximum absolute atomic E-state index is 4.11. The van der Waals surface area contributed by atoms with E-state index in [1.807, 2.05) is 0 Å². The van der Waals surface area contributed by atoms with Gasteiger partial charge in [-0.05, 0) is 50.5 Å². The Balaban J connectivity index is 1.60. The lowest BCUT2D eigenvalue weighted by molar-refractivity contribution is 0.149. The topological polar surface area (TPSA) is 15.3 Å². The molecule has 0 radical (unpaired) electrons. The fourth-order valence-electron chi connectivity index (χ4n) is 4.88. The Morgan fingerprint density at radius 1 is 0.842 bits per heavy atom. The van der Waals surface area contributed by atoms with E-state index in [-0.39, 0.29) is 0 Å². The lowest BCUT2D eigenvalue weighted by atomic mass is 9.77. The molecule has 3 fully saturated rings. The van der Waals surface area contributed by atoms with E-state index in [0.29, 0.717) is 0 Å². The van der Waals surface area contributed by atoms with Crippen LogP contribution in [0.15, 0.2) is 0 Å². The van der Waals surface area contributed by atoms with Crippen LogP contribution in [0.25, 0.3) is 0 Å². The van der Waals surface area contributed by atoms with E-state index in [4.69, 9.17) is 0 Å². The second-order valence-corrected chi connectivity index (χ2v) is 7.46. The number of rotatable bonds is 3. The molecule has 2 heteroatoms. The molecule has 0 bridgehead atoms. The summed E-state index contributed by atoms with van der Waals surface area (Å²) in [6.07, 6.45) is 11.5. The summed E-state index contributed by atoms with van der Waals surface area (Å²) in [6.45, 7) is 7.56. The molecule has 19 heavy (non-hydrogen) atoms. The van der Waals surface area contributed by atoms with E-state index in [0.717, 1.165) is 30.0 Å². The quantitative estimate of drug-likeness (QED) is 0.840. The van der Waals surface area contributed by atoms with Gasteiger partial charge in [-0.3, -0.25) is 4.90 Å². The van der Waals surface area contributed by atoms with Gasteiger partial charge >= 0.3 is 0 Å². The maximum atomic E-state index is 4.11. The number of hydrogen-bond acceptors (Lipinski definition) is 2. The Morgan fingerprint density at radius 3 is 2.47 bits per heavy atom. The van der Waals surface area contributed by atoms with Crippen LogP contribution in [0.2, 0.25) is 0 Å². The number of fused-ring (bicyclic) bond motifs is 1. The molecule has 1 saturated carbocycles. The van der Waals surface area contributed by atoms with Gasteiger partial charge in [-0.1, -0.05) is 33.1 Å². The maximum Gasteiger partial charge on any atom is 0.0249 e. The summed E-state index contributed by atoms with van der Waals surface area (Å²) in [6, 6.07) is 2.47. The zero-order valence-electron chi connectivity index (χ0n) is 12.9. The highest BCUT2D eigenvalue weighted by atomic mass is 15.2. The average molecular weight is 264 g/mol. The molecule has 0 aromatic carbocycles. The monoisotopic (exact) mass is 264 g/mol. The molecule has 2 aliphatic heterocycles. The van der Waals surface area contributed by atoms with Crippen molar-refractivity contribution in [1.29, 1.82) is 0 Å². The minimum absolute atomic E-state index is 0.796. The molecule has 0 aromatic rings. The third kappa shape index (κ3) is 3.00. The van der Waals surface area contributed by atoms with Crippen molar-refractivity contribution < 1.29 is 0 Å². The second kappa shape index (κ2) is 6.13. The summed E-state index contributed by atoms with van der Waals surface area (Å²) in [4.78, 5) is 2.76. The molecule has 2 heterocycles. The Labute approximate surface area is 119 Å². The van der Waals surface area contributed by atoms with Gasteiger partial charge < -0.3 is 5.32 Å². The average Bonchev–Trinajstić information content (AvgIpc) is 2.83. The number of nitrogens with zero attached hydrogens (tertiary/aromatic N) is 1. The van der Waals surface area contributed by atoms with Gasteiger partial charge in [-0.15, -0.1) is 0 Å². The Morgan fingerprint density at radius 2 is 1.63 bits per heavy atom. The van der Waals surface area contributed by atoms with Gasteiger partial charge in [0.15, 0.2) is 0 Å². The summed E-state index contributed by atoms with van der Waals surface area (Å²) in [5, 5.41) is 4.11. The fraction of sp³-hybridized carbons (Fsp3) is 1.00. The molecule has 3 rings (SSSR count). The third-order valence-corrected chi connectivity index (χ3v) is 5.96. The van der Waals surface area contributed by atoms with Crippen LogP contribution in [-0.4, -0.2) is 36.1 Å². The second-order valence-electron chi connectivity index (χ2n) is 7.46. The van der Waals surface area contributed by atoms with Crippen molar-refractivity contribution in [1.82, 2.24) is 10.2 Å². The molecule has 4 unspecified atom stereocenters. The lowest BCUT2D eigenvalue weighted by Gasteiger charge is -2.39. The molecule has 3 aliphatic rings. The predicted molar refractivity (Wildman–Crippen MR) is 81.3 cm³/mol. The van der Waals surface area contributed by atoms with Crippen molar-refractivity contribution in [3.8, 4) is 0 Å². The van der Waals surface area contributed by atoms with Gasteiger partial charge in [-0.2, -0.15) is 0 Å².